The summed E-state index contributed by atoms with van der Waals surface area (Å²) in [6.07, 6.45) is 1.19. The number of pyridine rings is 1. The van der Waals surface area contributed by atoms with Gasteiger partial charge in [-0.1, -0.05) is 0 Å². The minimum Gasteiger partial charge on any atom is -0.368 e. The second-order valence-electron chi connectivity index (χ2n) is 3.85. The summed E-state index contributed by atoms with van der Waals surface area (Å²) >= 11 is 5.58. The van der Waals surface area contributed by atoms with Crippen LogP contribution in [0.4, 0.5) is 5.69 Å². The van der Waals surface area contributed by atoms with Crippen LogP contribution in [-0.2, 0) is 19.9 Å². The Labute approximate surface area is 117 Å². The Hall–Kier alpha value is -0.900. The fourth-order valence-electron chi connectivity index (χ4n) is 1.23. The molecule has 0 aliphatic carbocycles. The van der Waals surface area contributed by atoms with E-state index in [-0.39, 0.29) is 5.03 Å². The van der Waals surface area contributed by atoms with E-state index in [1.165, 1.54) is 32.2 Å². The smallest absolute Gasteiger partial charge is 0.255 e. The number of sulfone groups is 1. The fraction of sp³-hybridized carbons (Fsp3) is 0.444. The molecule has 0 bridgehead atoms. The monoisotopic (exact) mass is 327 g/mol. The highest BCUT2D eigenvalue weighted by molar-refractivity contribution is 7.93. The zero-order valence-corrected chi connectivity index (χ0v) is 12.6. The van der Waals surface area contributed by atoms with E-state index in [0.717, 1.165) is 0 Å². The summed E-state index contributed by atoms with van der Waals surface area (Å²) < 4.78 is 44.4. The average molecular weight is 328 g/mol. The second kappa shape index (κ2) is 5.61. The molecule has 1 aromatic heterocycles. The Morgan fingerprint density at radius 1 is 1.26 bits per heavy atom. The molecule has 0 aliphatic rings. The van der Waals surface area contributed by atoms with Crippen LogP contribution in [0.5, 0.6) is 0 Å². The van der Waals surface area contributed by atoms with Crippen molar-refractivity contribution in [2.45, 2.75) is 29.0 Å². The molecule has 0 radical (unpaired) electrons. The third-order valence-electron chi connectivity index (χ3n) is 2.34. The van der Waals surface area contributed by atoms with Crippen LogP contribution in [0.1, 0.15) is 13.8 Å². The number of sulfonamides is 1. The van der Waals surface area contributed by atoms with E-state index >= 15 is 0 Å². The van der Waals surface area contributed by atoms with Gasteiger partial charge in [0.1, 0.15) is 10.1 Å². The number of primary sulfonamides is 1. The normalized spacial score (nSPS) is 15.8. The minimum atomic E-state index is -3.87. The van der Waals surface area contributed by atoms with E-state index in [9.17, 15) is 16.8 Å². The van der Waals surface area contributed by atoms with Gasteiger partial charge in [0, 0.05) is 0 Å². The molecule has 7 nitrogen and oxygen atoms in total. The van der Waals surface area contributed by atoms with Crippen LogP contribution in [0.15, 0.2) is 23.4 Å². The Balaban J connectivity index is 2.91. The number of alkyl halides is 1. The van der Waals surface area contributed by atoms with Crippen LogP contribution >= 0.6 is 11.6 Å². The number of nitrogens with one attached hydrogen (secondary N) is 1. The highest BCUT2D eigenvalue weighted by Crippen LogP contribution is 2.16. The lowest BCUT2D eigenvalue weighted by Crippen LogP contribution is -2.31. The number of hydrogen-bond acceptors (Lipinski definition) is 6. The largest absolute Gasteiger partial charge is 0.368 e. The van der Waals surface area contributed by atoms with Crippen molar-refractivity contribution in [3.05, 3.63) is 18.3 Å². The molecular weight excluding hydrogens is 314 g/mol. The summed E-state index contributed by atoms with van der Waals surface area (Å²) in [5, 5.41) is 6.34. The molecule has 10 heteroatoms. The average Bonchev–Trinajstić information content (AvgIpc) is 2.28. The number of rotatable bonds is 5. The maximum absolute atomic E-state index is 11.7. The van der Waals surface area contributed by atoms with Gasteiger partial charge in [-0.05, 0) is 26.0 Å². The predicted molar refractivity (Wildman–Crippen MR) is 72.9 cm³/mol. The molecule has 1 rings (SSSR count). The van der Waals surface area contributed by atoms with Crippen molar-refractivity contribution < 1.29 is 16.8 Å². The first-order valence-electron chi connectivity index (χ1n) is 5.17. The molecular formula is C9H14ClN3O4S2. The van der Waals surface area contributed by atoms with Crippen molar-refractivity contribution in [3.8, 4) is 0 Å². The summed E-state index contributed by atoms with van der Waals surface area (Å²) in [5.41, 5.74) is 0.348. The van der Waals surface area contributed by atoms with Gasteiger partial charge in [-0.25, -0.2) is 27.0 Å². The first kappa shape index (κ1) is 16.2. The number of aromatic nitrogens is 1. The third kappa shape index (κ3) is 4.03. The maximum Gasteiger partial charge on any atom is 0.255 e. The molecule has 108 valence electrons. The molecule has 0 aromatic carbocycles. The van der Waals surface area contributed by atoms with E-state index < -0.39 is 29.9 Å². The summed E-state index contributed by atoms with van der Waals surface area (Å²) in [6.45, 7) is 2.79. The van der Waals surface area contributed by atoms with Crippen molar-refractivity contribution in [1.29, 1.82) is 0 Å². The molecule has 0 aliphatic heterocycles. The topological polar surface area (TPSA) is 119 Å². The molecule has 3 N–H and O–H groups in total. The zero-order valence-electron chi connectivity index (χ0n) is 10.2. The lowest BCUT2D eigenvalue weighted by Gasteiger charge is -2.17. The van der Waals surface area contributed by atoms with Gasteiger partial charge in [-0.15, -0.1) is 11.6 Å². The van der Waals surface area contributed by atoms with Gasteiger partial charge in [-0.3, -0.25) is 0 Å². The SMILES string of the molecule is CC(Cl)S(=O)(=O)C(C)Nc1ccc(S(N)(=O)=O)nc1. The number of anilines is 1. The molecule has 0 saturated carbocycles. The number of nitrogens with zero attached hydrogens (tertiary/aromatic N) is 1. The number of nitrogens with two attached hydrogens (primary N) is 1. The van der Waals surface area contributed by atoms with Crippen molar-refractivity contribution >= 4 is 37.1 Å². The number of hydrogen-bond donors (Lipinski definition) is 2. The summed E-state index contributed by atoms with van der Waals surface area (Å²) in [7, 11) is -7.40. The van der Waals surface area contributed by atoms with Gasteiger partial charge in [0.05, 0.1) is 11.9 Å². The third-order valence-corrected chi connectivity index (χ3v) is 5.92. The van der Waals surface area contributed by atoms with Gasteiger partial charge in [0.15, 0.2) is 14.9 Å². The Bertz CT molecular complexity index is 641. The molecule has 2 unspecified atom stereocenters. The van der Waals surface area contributed by atoms with Crippen LogP contribution in [0.25, 0.3) is 0 Å². The fourth-order valence-corrected chi connectivity index (χ4v) is 3.02. The summed E-state index contributed by atoms with van der Waals surface area (Å²) in [4.78, 5) is 3.63. The van der Waals surface area contributed by atoms with E-state index in [0.29, 0.717) is 5.69 Å². The molecule has 0 saturated heterocycles. The molecule has 1 heterocycles. The quantitative estimate of drug-likeness (QED) is 0.759. The highest BCUT2D eigenvalue weighted by atomic mass is 35.5. The molecule has 0 spiro atoms. The summed E-state index contributed by atoms with van der Waals surface area (Å²) in [6, 6.07) is 2.55. The van der Waals surface area contributed by atoms with Crippen molar-refractivity contribution in [2.24, 2.45) is 5.14 Å². The summed E-state index contributed by atoms with van der Waals surface area (Å²) in [5.74, 6) is 0. The highest BCUT2D eigenvalue weighted by Gasteiger charge is 2.26. The zero-order chi connectivity index (χ0) is 14.8. The number of halogens is 1. The molecule has 19 heavy (non-hydrogen) atoms. The van der Waals surface area contributed by atoms with Crippen molar-refractivity contribution in [3.63, 3.8) is 0 Å². The molecule has 0 amide bonds. The molecule has 2 atom stereocenters. The van der Waals surface area contributed by atoms with E-state index in [2.05, 4.69) is 10.3 Å². The van der Waals surface area contributed by atoms with Gasteiger partial charge in [0.25, 0.3) is 10.0 Å². The minimum absolute atomic E-state index is 0.292. The first-order chi connectivity index (χ1) is 8.55. The van der Waals surface area contributed by atoms with Crippen molar-refractivity contribution in [1.82, 2.24) is 4.98 Å². The van der Waals surface area contributed by atoms with Crippen LogP contribution < -0.4 is 10.5 Å². The van der Waals surface area contributed by atoms with Gasteiger partial charge < -0.3 is 5.32 Å². The Morgan fingerprint density at radius 2 is 1.84 bits per heavy atom. The van der Waals surface area contributed by atoms with Crippen LogP contribution in [0, 0.1) is 0 Å². The lowest BCUT2D eigenvalue weighted by molar-refractivity contribution is 0.586. The first-order valence-corrected chi connectivity index (χ1v) is 8.76. The van der Waals surface area contributed by atoms with E-state index in [4.69, 9.17) is 16.7 Å². The predicted octanol–water partition coefficient (Wildman–Crippen LogP) is 0.487. The molecule has 0 fully saturated rings. The van der Waals surface area contributed by atoms with E-state index in [1.807, 2.05) is 0 Å². The van der Waals surface area contributed by atoms with Gasteiger partial charge in [0.2, 0.25) is 0 Å². The Morgan fingerprint density at radius 3 is 2.21 bits per heavy atom. The van der Waals surface area contributed by atoms with Crippen LogP contribution in [-0.4, -0.2) is 31.9 Å². The maximum atomic E-state index is 11.7. The van der Waals surface area contributed by atoms with Gasteiger partial charge >= 0.3 is 0 Å². The molecule has 1 aromatic rings. The lowest BCUT2D eigenvalue weighted by atomic mass is 10.4. The second-order valence-corrected chi connectivity index (χ2v) is 8.86. The van der Waals surface area contributed by atoms with Crippen LogP contribution in [0.3, 0.4) is 0 Å². The van der Waals surface area contributed by atoms with Gasteiger partial charge in [-0.2, -0.15) is 0 Å². The standard InChI is InChI=1S/C9H14ClN3O4S2/c1-6(10)18(14,15)7(2)13-8-3-4-9(12-5-8)19(11,16)17/h3-7,13H,1-2H3,(H2,11,16,17). The van der Waals surface area contributed by atoms with E-state index in [1.54, 1.807) is 0 Å². The Kier molecular flexibility index (Phi) is 4.77. The van der Waals surface area contributed by atoms with Crippen molar-refractivity contribution in [2.75, 3.05) is 5.32 Å². The van der Waals surface area contributed by atoms with Crippen LogP contribution in [0.2, 0.25) is 0 Å².